The topological polar surface area (TPSA) is 33.1 Å². The highest BCUT2D eigenvalue weighted by molar-refractivity contribution is 8.06. The molecular weight excluding hydrogens is 222 g/mol. The van der Waals surface area contributed by atoms with Gasteiger partial charge in [-0.25, -0.2) is 4.98 Å². The molecule has 2 atom stereocenters. The fourth-order valence-corrected chi connectivity index (χ4v) is 5.17. The predicted octanol–water partition coefficient (Wildman–Crippen LogP) is 2.76. The van der Waals surface area contributed by atoms with Crippen molar-refractivity contribution in [3.63, 3.8) is 0 Å². The predicted molar refractivity (Wildman–Crippen MR) is 60.9 cm³/mol. The molecule has 2 heterocycles. The zero-order chi connectivity index (χ0) is 9.26. The van der Waals surface area contributed by atoms with Crippen LogP contribution in [0.3, 0.4) is 0 Å². The Morgan fingerprint density at radius 2 is 2.23 bits per heavy atom. The van der Waals surface area contributed by atoms with Crippen LogP contribution in [0.1, 0.15) is 17.2 Å². The summed E-state index contributed by atoms with van der Waals surface area (Å²) in [5, 5.41) is 13.0. The van der Waals surface area contributed by atoms with Crippen molar-refractivity contribution < 1.29 is 5.11 Å². The highest BCUT2D eigenvalue weighted by Crippen LogP contribution is 2.43. The lowest BCUT2D eigenvalue weighted by Crippen LogP contribution is -2.15. The van der Waals surface area contributed by atoms with Gasteiger partial charge in [0.1, 0.15) is 5.01 Å². The summed E-state index contributed by atoms with van der Waals surface area (Å²) in [6.45, 7) is 2.24. The van der Waals surface area contributed by atoms with E-state index in [1.165, 1.54) is 11.5 Å². The average molecular weight is 233 g/mol. The second-order valence-corrected chi connectivity index (χ2v) is 6.54. The van der Waals surface area contributed by atoms with Gasteiger partial charge < -0.3 is 5.11 Å². The molecule has 0 radical (unpaired) electrons. The van der Waals surface area contributed by atoms with Crippen LogP contribution in [-0.2, 0) is 0 Å². The van der Waals surface area contributed by atoms with Crippen LogP contribution in [0.2, 0.25) is 0 Å². The van der Waals surface area contributed by atoms with Gasteiger partial charge in [-0.1, -0.05) is 6.92 Å². The molecule has 0 amide bonds. The van der Waals surface area contributed by atoms with Crippen LogP contribution in [0, 0.1) is 0 Å². The maximum absolute atomic E-state index is 9.15. The maximum Gasteiger partial charge on any atom is 0.222 e. The summed E-state index contributed by atoms with van der Waals surface area (Å²) in [6.07, 6.45) is 0. The molecule has 1 aliphatic rings. The number of rotatable bonds is 1. The van der Waals surface area contributed by atoms with Crippen molar-refractivity contribution in [1.29, 1.82) is 0 Å². The van der Waals surface area contributed by atoms with Crippen LogP contribution in [0.15, 0.2) is 5.38 Å². The molecular formula is C8H11NOS3. The van der Waals surface area contributed by atoms with Gasteiger partial charge in [-0.2, -0.15) is 11.8 Å². The van der Waals surface area contributed by atoms with Crippen molar-refractivity contribution in [2.75, 3.05) is 11.5 Å². The number of hydrogen-bond donors (Lipinski definition) is 1. The van der Waals surface area contributed by atoms with E-state index in [0.29, 0.717) is 10.5 Å². The van der Waals surface area contributed by atoms with Gasteiger partial charge in [0.25, 0.3) is 0 Å². The van der Waals surface area contributed by atoms with E-state index in [0.717, 1.165) is 5.01 Å². The van der Waals surface area contributed by atoms with E-state index in [4.69, 9.17) is 5.11 Å². The average Bonchev–Trinajstić information content (AvgIpc) is 2.53. The quantitative estimate of drug-likeness (QED) is 0.808. The molecule has 1 aromatic heterocycles. The Labute approximate surface area is 90.2 Å². The first kappa shape index (κ1) is 9.68. The van der Waals surface area contributed by atoms with Crippen LogP contribution in [0.25, 0.3) is 0 Å². The van der Waals surface area contributed by atoms with Crippen molar-refractivity contribution in [3.05, 3.63) is 10.4 Å². The molecule has 2 unspecified atom stereocenters. The van der Waals surface area contributed by atoms with Gasteiger partial charge in [-0.15, -0.1) is 23.1 Å². The first-order valence-electron chi connectivity index (χ1n) is 4.15. The molecule has 2 rings (SSSR count). The third-order valence-electron chi connectivity index (χ3n) is 1.94. The SMILES string of the molecule is CC1SCCSC1c1nc(O)cs1. The molecule has 1 N–H and O–H groups in total. The molecule has 13 heavy (non-hydrogen) atoms. The first-order valence-corrected chi connectivity index (χ1v) is 7.12. The van der Waals surface area contributed by atoms with Crippen molar-refractivity contribution >= 4 is 34.9 Å². The van der Waals surface area contributed by atoms with Crippen LogP contribution in [-0.4, -0.2) is 26.8 Å². The van der Waals surface area contributed by atoms with Gasteiger partial charge in [0.15, 0.2) is 0 Å². The Morgan fingerprint density at radius 1 is 1.46 bits per heavy atom. The van der Waals surface area contributed by atoms with Crippen LogP contribution in [0.5, 0.6) is 5.88 Å². The minimum Gasteiger partial charge on any atom is -0.493 e. The minimum absolute atomic E-state index is 0.170. The molecule has 5 heteroatoms. The molecule has 1 aliphatic heterocycles. The lowest BCUT2D eigenvalue weighted by molar-refractivity contribution is 0.455. The van der Waals surface area contributed by atoms with Crippen molar-refractivity contribution in [2.24, 2.45) is 0 Å². The molecule has 2 nitrogen and oxygen atoms in total. The third kappa shape index (κ3) is 2.14. The third-order valence-corrected chi connectivity index (χ3v) is 6.10. The zero-order valence-corrected chi connectivity index (χ0v) is 9.71. The lowest BCUT2D eigenvalue weighted by atomic mass is 10.3. The van der Waals surface area contributed by atoms with Crippen molar-refractivity contribution in [1.82, 2.24) is 4.98 Å². The summed E-state index contributed by atoms with van der Waals surface area (Å²) in [4.78, 5) is 4.12. The van der Waals surface area contributed by atoms with Gasteiger partial charge in [0, 0.05) is 16.8 Å². The fourth-order valence-electron chi connectivity index (χ4n) is 1.31. The normalized spacial score (nSPS) is 29.0. The highest BCUT2D eigenvalue weighted by atomic mass is 32.2. The monoisotopic (exact) mass is 233 g/mol. The first-order chi connectivity index (χ1) is 6.27. The van der Waals surface area contributed by atoms with Crippen LogP contribution in [0.4, 0.5) is 0 Å². The van der Waals surface area contributed by atoms with E-state index in [2.05, 4.69) is 11.9 Å². The Balaban J connectivity index is 2.14. The molecule has 0 aromatic carbocycles. The molecule has 0 spiro atoms. The van der Waals surface area contributed by atoms with E-state index in [1.54, 1.807) is 16.7 Å². The number of thiazole rings is 1. The second kappa shape index (κ2) is 4.11. The van der Waals surface area contributed by atoms with Crippen LogP contribution < -0.4 is 0 Å². The summed E-state index contributed by atoms with van der Waals surface area (Å²) < 4.78 is 0. The Hall–Kier alpha value is 0.130. The Morgan fingerprint density at radius 3 is 2.85 bits per heavy atom. The molecule has 0 saturated carbocycles. The zero-order valence-electron chi connectivity index (χ0n) is 7.27. The summed E-state index contributed by atoms with van der Waals surface area (Å²) >= 11 is 5.51. The molecule has 1 fully saturated rings. The van der Waals surface area contributed by atoms with Crippen molar-refractivity contribution in [3.8, 4) is 5.88 Å². The number of aromatic hydroxyl groups is 1. The van der Waals surface area contributed by atoms with E-state index < -0.39 is 0 Å². The molecule has 0 bridgehead atoms. The van der Waals surface area contributed by atoms with E-state index >= 15 is 0 Å². The summed E-state index contributed by atoms with van der Waals surface area (Å²) in [5.41, 5.74) is 0. The van der Waals surface area contributed by atoms with Crippen LogP contribution >= 0.6 is 34.9 Å². The number of aromatic nitrogens is 1. The van der Waals surface area contributed by atoms with E-state index in [9.17, 15) is 0 Å². The number of nitrogens with zero attached hydrogens (tertiary/aromatic N) is 1. The summed E-state index contributed by atoms with van der Waals surface area (Å²) in [6, 6.07) is 0. The molecule has 0 aliphatic carbocycles. The van der Waals surface area contributed by atoms with Crippen molar-refractivity contribution in [2.45, 2.75) is 17.4 Å². The summed E-state index contributed by atoms with van der Waals surface area (Å²) in [7, 11) is 0. The fraction of sp³-hybridized carbons (Fsp3) is 0.625. The minimum atomic E-state index is 0.170. The number of hydrogen-bond acceptors (Lipinski definition) is 5. The second-order valence-electron chi connectivity index (χ2n) is 2.91. The number of thioether (sulfide) groups is 2. The van der Waals surface area contributed by atoms with Gasteiger partial charge >= 0.3 is 0 Å². The van der Waals surface area contributed by atoms with Gasteiger partial charge in [-0.3, -0.25) is 0 Å². The highest BCUT2D eigenvalue weighted by Gasteiger charge is 2.26. The maximum atomic E-state index is 9.15. The van der Waals surface area contributed by atoms with Gasteiger partial charge in [0.2, 0.25) is 5.88 Å². The molecule has 72 valence electrons. The summed E-state index contributed by atoms with van der Waals surface area (Å²) in [5.74, 6) is 2.60. The van der Waals surface area contributed by atoms with E-state index in [-0.39, 0.29) is 5.88 Å². The van der Waals surface area contributed by atoms with E-state index in [1.807, 2.05) is 23.5 Å². The Kier molecular flexibility index (Phi) is 3.06. The largest absolute Gasteiger partial charge is 0.493 e. The Bertz CT molecular complexity index is 289. The molecule has 1 saturated heterocycles. The molecule has 1 aromatic rings. The smallest absolute Gasteiger partial charge is 0.222 e. The van der Waals surface area contributed by atoms with Gasteiger partial charge in [-0.05, 0) is 0 Å². The standard InChI is InChI=1S/C8H11NOS3/c1-5-7(12-3-2-11-5)8-9-6(10)4-13-8/h4-5,7,10H,2-3H2,1H3. The van der Waals surface area contributed by atoms with Gasteiger partial charge in [0.05, 0.1) is 10.6 Å². The lowest BCUT2D eigenvalue weighted by Gasteiger charge is -2.25.